The van der Waals surface area contributed by atoms with Crippen molar-refractivity contribution >= 4 is 5.91 Å². The molecule has 1 fully saturated rings. The highest BCUT2D eigenvalue weighted by molar-refractivity contribution is 5.75. The summed E-state index contributed by atoms with van der Waals surface area (Å²) >= 11 is 0. The van der Waals surface area contributed by atoms with Crippen LogP contribution < -0.4 is 10.9 Å². The number of hydrogen-bond donors (Lipinski definition) is 1. The first-order valence-electron chi connectivity index (χ1n) is 10.5. The summed E-state index contributed by atoms with van der Waals surface area (Å²) in [6, 6.07) is 11.1. The number of amides is 1. The Bertz CT molecular complexity index is 865. The second-order valence-corrected chi connectivity index (χ2v) is 8.49. The second kappa shape index (κ2) is 9.83. The van der Waals surface area contributed by atoms with Gasteiger partial charge in [-0.15, -0.1) is 0 Å². The number of nitrogens with zero attached hydrogens (tertiary/aromatic N) is 3. The molecule has 1 amide bonds. The maximum Gasteiger partial charge on any atom is 0.267 e. The van der Waals surface area contributed by atoms with Crippen LogP contribution in [-0.2, 0) is 11.3 Å². The van der Waals surface area contributed by atoms with Crippen LogP contribution in [0.5, 0.6) is 0 Å². The Kier molecular flexibility index (Phi) is 7.20. The minimum Gasteiger partial charge on any atom is -0.354 e. The zero-order valence-corrected chi connectivity index (χ0v) is 17.7. The Morgan fingerprint density at radius 2 is 1.79 bits per heavy atom. The molecule has 0 radical (unpaired) electrons. The standard InChI is InChI=1S/C23H32N4O2/c1-17-5-7-20(8-6-17)21-9-10-23(29)27(25-21)16-22(28)24-11-4-12-26-14-18(2)13-19(3)15-26/h5-10,18-19H,4,11-16H2,1-3H3,(H,24,28)/t18-,19+. The quantitative estimate of drug-likeness (QED) is 0.731. The number of hydrogen-bond acceptors (Lipinski definition) is 4. The van der Waals surface area contributed by atoms with Gasteiger partial charge < -0.3 is 10.2 Å². The average Bonchev–Trinajstić information content (AvgIpc) is 2.67. The van der Waals surface area contributed by atoms with E-state index in [1.165, 1.54) is 17.2 Å². The topological polar surface area (TPSA) is 67.2 Å². The van der Waals surface area contributed by atoms with Crippen LogP contribution in [-0.4, -0.2) is 46.8 Å². The smallest absolute Gasteiger partial charge is 0.267 e. The summed E-state index contributed by atoms with van der Waals surface area (Å²) in [4.78, 5) is 26.9. The van der Waals surface area contributed by atoms with Gasteiger partial charge in [-0.1, -0.05) is 43.7 Å². The van der Waals surface area contributed by atoms with Crippen molar-refractivity contribution in [2.24, 2.45) is 11.8 Å². The predicted octanol–water partition coefficient (Wildman–Crippen LogP) is 2.70. The summed E-state index contributed by atoms with van der Waals surface area (Å²) in [6.45, 7) is 10.5. The van der Waals surface area contributed by atoms with Gasteiger partial charge in [0.2, 0.25) is 5.91 Å². The minimum atomic E-state index is -0.271. The Labute approximate surface area is 172 Å². The zero-order valence-electron chi connectivity index (χ0n) is 17.7. The van der Waals surface area contributed by atoms with E-state index in [1.54, 1.807) is 6.07 Å². The van der Waals surface area contributed by atoms with Gasteiger partial charge in [0.1, 0.15) is 6.54 Å². The first-order valence-corrected chi connectivity index (χ1v) is 10.5. The number of carbonyl (C=O) groups excluding carboxylic acids is 1. The Balaban J connectivity index is 1.49. The zero-order chi connectivity index (χ0) is 20.8. The van der Waals surface area contributed by atoms with Gasteiger partial charge in [0.15, 0.2) is 0 Å². The van der Waals surface area contributed by atoms with Crippen LogP contribution in [0, 0.1) is 18.8 Å². The van der Waals surface area contributed by atoms with E-state index in [4.69, 9.17) is 0 Å². The van der Waals surface area contributed by atoms with E-state index in [9.17, 15) is 9.59 Å². The lowest BCUT2D eigenvalue weighted by Crippen LogP contribution is -2.40. The summed E-state index contributed by atoms with van der Waals surface area (Å²) < 4.78 is 1.23. The van der Waals surface area contributed by atoms with Gasteiger partial charge in [0, 0.05) is 31.3 Å². The van der Waals surface area contributed by atoms with Crippen LogP contribution in [0.4, 0.5) is 0 Å². The van der Waals surface area contributed by atoms with E-state index in [-0.39, 0.29) is 18.0 Å². The van der Waals surface area contributed by atoms with Gasteiger partial charge in [0.25, 0.3) is 5.56 Å². The van der Waals surface area contributed by atoms with Crippen molar-refractivity contribution in [1.82, 2.24) is 20.0 Å². The molecule has 2 aromatic rings. The molecular formula is C23H32N4O2. The van der Waals surface area contributed by atoms with E-state index in [0.717, 1.165) is 49.0 Å². The number of rotatable bonds is 7. The van der Waals surface area contributed by atoms with Crippen molar-refractivity contribution in [3.05, 3.63) is 52.3 Å². The second-order valence-electron chi connectivity index (χ2n) is 8.49. The van der Waals surface area contributed by atoms with Gasteiger partial charge >= 0.3 is 0 Å². The Morgan fingerprint density at radius 1 is 1.10 bits per heavy atom. The lowest BCUT2D eigenvalue weighted by Gasteiger charge is -2.34. The van der Waals surface area contributed by atoms with Crippen LogP contribution in [0.2, 0.25) is 0 Å². The number of nitrogens with one attached hydrogen (secondary N) is 1. The molecule has 1 aliphatic heterocycles. The van der Waals surface area contributed by atoms with Gasteiger partial charge in [-0.25, -0.2) is 4.68 Å². The van der Waals surface area contributed by atoms with Crippen LogP contribution in [0.1, 0.15) is 32.3 Å². The average molecular weight is 397 g/mol. The van der Waals surface area contributed by atoms with Gasteiger partial charge in [-0.3, -0.25) is 9.59 Å². The van der Waals surface area contributed by atoms with Crippen LogP contribution in [0.25, 0.3) is 11.3 Å². The maximum absolute atomic E-state index is 12.3. The Hall–Kier alpha value is -2.47. The molecule has 1 saturated heterocycles. The monoisotopic (exact) mass is 396 g/mol. The summed E-state index contributed by atoms with van der Waals surface area (Å²) in [5.74, 6) is 1.31. The lowest BCUT2D eigenvalue weighted by molar-refractivity contribution is -0.121. The normalized spacial score (nSPS) is 19.8. The highest BCUT2D eigenvalue weighted by atomic mass is 16.2. The molecule has 0 spiro atoms. The fourth-order valence-electron chi connectivity index (χ4n) is 4.14. The van der Waals surface area contributed by atoms with Crippen molar-refractivity contribution in [1.29, 1.82) is 0 Å². The van der Waals surface area contributed by atoms with E-state index in [1.807, 2.05) is 31.2 Å². The highest BCUT2D eigenvalue weighted by Gasteiger charge is 2.21. The molecule has 6 nitrogen and oxygen atoms in total. The highest BCUT2D eigenvalue weighted by Crippen LogP contribution is 2.20. The Morgan fingerprint density at radius 3 is 2.48 bits per heavy atom. The van der Waals surface area contributed by atoms with Crippen LogP contribution >= 0.6 is 0 Å². The summed E-state index contributed by atoms with van der Waals surface area (Å²) in [7, 11) is 0. The van der Waals surface area contributed by atoms with E-state index >= 15 is 0 Å². The van der Waals surface area contributed by atoms with E-state index < -0.39 is 0 Å². The number of benzene rings is 1. The minimum absolute atomic E-state index is 0.0592. The molecule has 156 valence electrons. The van der Waals surface area contributed by atoms with Crippen molar-refractivity contribution in [3.63, 3.8) is 0 Å². The third-order valence-corrected chi connectivity index (χ3v) is 5.43. The van der Waals surface area contributed by atoms with Crippen molar-refractivity contribution < 1.29 is 4.79 Å². The van der Waals surface area contributed by atoms with Gasteiger partial charge in [-0.05, 0) is 44.2 Å². The number of piperidine rings is 1. The summed E-state index contributed by atoms with van der Waals surface area (Å²) in [6.07, 6.45) is 2.22. The maximum atomic E-state index is 12.3. The number of carbonyl (C=O) groups is 1. The third kappa shape index (κ3) is 6.26. The van der Waals surface area contributed by atoms with Gasteiger partial charge in [-0.2, -0.15) is 5.10 Å². The molecular weight excluding hydrogens is 364 g/mol. The first kappa shape index (κ1) is 21.2. The molecule has 1 aromatic carbocycles. The molecule has 0 saturated carbocycles. The van der Waals surface area contributed by atoms with Crippen LogP contribution in [0.15, 0.2) is 41.2 Å². The SMILES string of the molecule is Cc1ccc(-c2ccc(=O)n(CC(=O)NCCCN3C[C@H](C)C[C@H](C)C3)n2)cc1. The molecule has 0 aliphatic carbocycles. The molecule has 1 N–H and O–H groups in total. The number of aromatic nitrogens is 2. The third-order valence-electron chi connectivity index (χ3n) is 5.43. The molecule has 2 heterocycles. The molecule has 6 heteroatoms. The summed E-state index contributed by atoms with van der Waals surface area (Å²) in [5.41, 5.74) is 2.50. The van der Waals surface area contributed by atoms with Crippen molar-refractivity contribution in [3.8, 4) is 11.3 Å². The molecule has 0 bridgehead atoms. The molecule has 0 unspecified atom stereocenters. The van der Waals surface area contributed by atoms with E-state index in [2.05, 4.69) is 29.2 Å². The van der Waals surface area contributed by atoms with Gasteiger partial charge in [0.05, 0.1) is 5.69 Å². The fourth-order valence-corrected chi connectivity index (χ4v) is 4.14. The van der Waals surface area contributed by atoms with E-state index in [0.29, 0.717) is 12.2 Å². The predicted molar refractivity (Wildman–Crippen MR) is 116 cm³/mol. The van der Waals surface area contributed by atoms with Crippen molar-refractivity contribution in [2.45, 2.75) is 40.2 Å². The number of aryl methyl sites for hydroxylation is 1. The number of likely N-dealkylation sites (tertiary alicyclic amines) is 1. The molecule has 1 aromatic heterocycles. The molecule has 3 rings (SSSR count). The van der Waals surface area contributed by atoms with Crippen molar-refractivity contribution in [2.75, 3.05) is 26.2 Å². The molecule has 29 heavy (non-hydrogen) atoms. The largest absolute Gasteiger partial charge is 0.354 e. The first-order chi connectivity index (χ1) is 13.9. The molecule has 2 atom stereocenters. The lowest BCUT2D eigenvalue weighted by atomic mass is 9.92. The molecule has 1 aliphatic rings. The van der Waals surface area contributed by atoms with Crippen LogP contribution in [0.3, 0.4) is 0 Å². The fraction of sp³-hybridized carbons (Fsp3) is 0.522. The summed E-state index contributed by atoms with van der Waals surface area (Å²) in [5, 5.41) is 7.29.